The van der Waals surface area contributed by atoms with Gasteiger partial charge in [0.25, 0.3) is 0 Å². The minimum absolute atomic E-state index is 0.740. The Morgan fingerprint density at radius 1 is 1.40 bits per heavy atom. The van der Waals surface area contributed by atoms with Crippen molar-refractivity contribution in [3.8, 4) is 0 Å². The molecule has 0 radical (unpaired) electrons. The minimum atomic E-state index is 0.740. The molecule has 25 heavy (non-hydrogen) atoms. The number of rotatable bonds is 4. The van der Waals surface area contributed by atoms with Crippen LogP contribution in [-0.2, 0) is 20.0 Å². The molecular weight excluding hydrogens is 332 g/mol. The van der Waals surface area contributed by atoms with Gasteiger partial charge >= 0.3 is 0 Å². The molecule has 3 unspecified atom stereocenters. The smallest absolute Gasteiger partial charge is 0.193 e. The van der Waals surface area contributed by atoms with Gasteiger partial charge in [-0.2, -0.15) is 0 Å². The highest BCUT2D eigenvalue weighted by Gasteiger charge is 2.54. The average Bonchev–Trinajstić information content (AvgIpc) is 2.95. The van der Waals surface area contributed by atoms with Crippen LogP contribution in [0, 0.1) is 11.8 Å². The van der Waals surface area contributed by atoms with Crippen molar-refractivity contribution in [3.63, 3.8) is 0 Å². The maximum Gasteiger partial charge on any atom is 0.193 e. The van der Waals surface area contributed by atoms with Crippen LogP contribution in [-0.4, -0.2) is 36.1 Å². The summed E-state index contributed by atoms with van der Waals surface area (Å²) in [4.78, 5) is 6.60. The van der Waals surface area contributed by atoms with E-state index in [1.807, 2.05) is 26.4 Å². The van der Waals surface area contributed by atoms with Gasteiger partial charge in [0.2, 0.25) is 0 Å². The van der Waals surface area contributed by atoms with E-state index in [9.17, 15) is 0 Å². The number of hydrogen-bond acceptors (Lipinski definition) is 1. The van der Waals surface area contributed by atoms with Gasteiger partial charge in [-0.3, -0.25) is 4.99 Å². The molecule has 1 heterocycles. The first-order valence-corrected chi connectivity index (χ1v) is 9.26. The van der Waals surface area contributed by atoms with Gasteiger partial charge < -0.3 is 14.8 Å². The van der Waals surface area contributed by atoms with Crippen LogP contribution in [0.15, 0.2) is 41.5 Å². The van der Waals surface area contributed by atoms with Crippen molar-refractivity contribution in [2.45, 2.75) is 18.9 Å². The van der Waals surface area contributed by atoms with E-state index in [1.54, 1.807) is 11.1 Å². The fourth-order valence-corrected chi connectivity index (χ4v) is 4.67. The lowest BCUT2D eigenvalue weighted by atomic mass is 10.0. The van der Waals surface area contributed by atoms with Crippen LogP contribution in [0.5, 0.6) is 0 Å². The molecule has 5 heteroatoms. The van der Waals surface area contributed by atoms with Gasteiger partial charge in [0.15, 0.2) is 5.96 Å². The van der Waals surface area contributed by atoms with Crippen LogP contribution in [0.4, 0.5) is 0 Å². The summed E-state index contributed by atoms with van der Waals surface area (Å²) < 4.78 is 2.06. The van der Waals surface area contributed by atoms with Gasteiger partial charge in [0.05, 0.1) is 11.6 Å². The van der Waals surface area contributed by atoms with Crippen molar-refractivity contribution < 1.29 is 0 Å². The maximum atomic E-state index is 6.08. The number of fused-ring (bicyclic) bond motifs is 3. The van der Waals surface area contributed by atoms with Gasteiger partial charge in [0, 0.05) is 39.6 Å². The highest BCUT2D eigenvalue weighted by atomic mass is 35.5. The molecule has 0 saturated heterocycles. The lowest BCUT2D eigenvalue weighted by molar-refractivity contribution is 0.458. The second-order valence-electron chi connectivity index (χ2n) is 7.30. The topological polar surface area (TPSA) is 32.6 Å². The zero-order valence-electron chi connectivity index (χ0n) is 15.0. The molecule has 1 aromatic heterocycles. The fourth-order valence-electron chi connectivity index (χ4n) is 4.40. The molecule has 1 fully saturated rings. The van der Waals surface area contributed by atoms with Gasteiger partial charge in [-0.1, -0.05) is 35.9 Å². The third kappa shape index (κ3) is 3.04. The van der Waals surface area contributed by atoms with Crippen molar-refractivity contribution in [1.29, 1.82) is 0 Å². The third-order valence-electron chi connectivity index (χ3n) is 5.74. The number of hydrogen-bond donors (Lipinski definition) is 1. The summed E-state index contributed by atoms with van der Waals surface area (Å²) in [6.45, 7) is 1.78. The molecule has 0 bridgehead atoms. The molecule has 1 aromatic carbocycles. The van der Waals surface area contributed by atoms with Crippen molar-refractivity contribution >= 4 is 17.6 Å². The molecule has 0 spiro atoms. The lowest BCUT2D eigenvalue weighted by Crippen LogP contribution is -2.40. The van der Waals surface area contributed by atoms with E-state index in [0.29, 0.717) is 0 Å². The van der Waals surface area contributed by atoms with Crippen LogP contribution in [0.1, 0.15) is 22.7 Å². The normalized spacial score (nSPS) is 24.0. The van der Waals surface area contributed by atoms with E-state index in [4.69, 9.17) is 11.6 Å². The van der Waals surface area contributed by atoms with Gasteiger partial charge in [-0.25, -0.2) is 0 Å². The molecule has 2 aromatic rings. The quantitative estimate of drug-likeness (QED) is 0.673. The number of aliphatic imine (C=N–C) groups is 1. The SMILES string of the molecule is CN=C(NCC1C2Cc3ccccc3C12)N(C)Cc1cc(Cl)cn1C. The van der Waals surface area contributed by atoms with Gasteiger partial charge in [-0.15, -0.1) is 0 Å². The van der Waals surface area contributed by atoms with Crippen LogP contribution >= 0.6 is 11.6 Å². The second-order valence-corrected chi connectivity index (χ2v) is 7.74. The molecule has 2 aliphatic carbocycles. The van der Waals surface area contributed by atoms with E-state index in [1.165, 1.54) is 12.1 Å². The first-order valence-electron chi connectivity index (χ1n) is 8.89. The summed E-state index contributed by atoms with van der Waals surface area (Å²) in [5.41, 5.74) is 4.30. The summed E-state index contributed by atoms with van der Waals surface area (Å²) in [7, 11) is 5.94. The predicted octanol–water partition coefficient (Wildman–Crippen LogP) is 3.27. The first-order chi connectivity index (χ1) is 12.1. The minimum Gasteiger partial charge on any atom is -0.356 e. The monoisotopic (exact) mass is 356 g/mol. The molecule has 132 valence electrons. The zero-order valence-corrected chi connectivity index (χ0v) is 15.8. The largest absolute Gasteiger partial charge is 0.356 e. The lowest BCUT2D eigenvalue weighted by Gasteiger charge is -2.22. The van der Waals surface area contributed by atoms with E-state index in [-0.39, 0.29) is 0 Å². The standard InChI is InChI=1S/C20H25ClN4/c1-22-20(25(3)12-15-9-14(21)11-24(15)2)23-10-18-17-8-13-6-4-5-7-16(13)19(17)18/h4-7,9,11,17-19H,8,10,12H2,1-3H3,(H,22,23). The number of guanidine groups is 1. The van der Waals surface area contributed by atoms with Crippen molar-refractivity contribution in [2.24, 2.45) is 23.9 Å². The second kappa shape index (κ2) is 6.41. The average molecular weight is 357 g/mol. The van der Waals surface area contributed by atoms with Crippen LogP contribution in [0.25, 0.3) is 0 Å². The van der Waals surface area contributed by atoms with E-state index in [2.05, 4.69) is 51.1 Å². The number of halogens is 1. The molecule has 1 N–H and O–H groups in total. The Morgan fingerprint density at radius 2 is 2.20 bits per heavy atom. The van der Waals surface area contributed by atoms with Crippen molar-refractivity contribution in [3.05, 3.63) is 58.4 Å². The molecular formula is C20H25ClN4. The van der Waals surface area contributed by atoms with Crippen molar-refractivity contribution in [1.82, 2.24) is 14.8 Å². The Labute approximate surface area is 154 Å². The molecule has 0 aliphatic heterocycles. The number of aromatic nitrogens is 1. The Bertz CT molecular complexity index is 810. The summed E-state index contributed by atoms with van der Waals surface area (Å²) in [6.07, 6.45) is 3.17. The zero-order chi connectivity index (χ0) is 17.6. The first kappa shape index (κ1) is 16.5. The van der Waals surface area contributed by atoms with Gasteiger partial charge in [0.1, 0.15) is 0 Å². The molecule has 2 aliphatic rings. The number of benzene rings is 1. The predicted molar refractivity (Wildman–Crippen MR) is 103 cm³/mol. The summed E-state index contributed by atoms with van der Waals surface area (Å²) in [5, 5.41) is 4.35. The van der Waals surface area contributed by atoms with E-state index >= 15 is 0 Å². The Balaban J connectivity index is 1.34. The highest BCUT2D eigenvalue weighted by molar-refractivity contribution is 6.30. The summed E-state index contributed by atoms with van der Waals surface area (Å²) >= 11 is 6.08. The number of nitrogens with one attached hydrogen (secondary N) is 1. The van der Waals surface area contributed by atoms with Crippen LogP contribution in [0.3, 0.4) is 0 Å². The molecule has 4 rings (SSSR count). The highest BCUT2D eigenvalue weighted by Crippen LogP contribution is 2.60. The number of nitrogens with zero attached hydrogens (tertiary/aromatic N) is 3. The summed E-state index contributed by atoms with van der Waals surface area (Å²) in [6, 6.07) is 10.9. The Kier molecular flexibility index (Phi) is 4.24. The number of aryl methyl sites for hydroxylation is 1. The van der Waals surface area contributed by atoms with Crippen LogP contribution < -0.4 is 5.32 Å². The van der Waals surface area contributed by atoms with E-state index in [0.717, 1.165) is 41.8 Å². The van der Waals surface area contributed by atoms with Crippen molar-refractivity contribution in [2.75, 3.05) is 20.6 Å². The van der Waals surface area contributed by atoms with Crippen LogP contribution in [0.2, 0.25) is 5.02 Å². The Morgan fingerprint density at radius 3 is 2.92 bits per heavy atom. The summed E-state index contributed by atoms with van der Waals surface area (Å²) in [5.74, 6) is 3.25. The molecule has 4 nitrogen and oxygen atoms in total. The van der Waals surface area contributed by atoms with E-state index < -0.39 is 0 Å². The molecule has 3 atom stereocenters. The maximum absolute atomic E-state index is 6.08. The molecule has 1 saturated carbocycles. The molecule has 0 amide bonds. The Hall–Kier alpha value is -1.94. The fraction of sp³-hybridized carbons (Fsp3) is 0.450. The van der Waals surface area contributed by atoms with Gasteiger partial charge in [-0.05, 0) is 41.4 Å². The third-order valence-corrected chi connectivity index (χ3v) is 5.95.